The van der Waals surface area contributed by atoms with E-state index in [1.54, 1.807) is 0 Å². The second kappa shape index (κ2) is 10.6. The Labute approximate surface area is 200 Å². The van der Waals surface area contributed by atoms with Gasteiger partial charge in [-0.15, -0.1) is 10.2 Å². The molecule has 3 aromatic carbocycles. The molecule has 7 heteroatoms. The highest BCUT2D eigenvalue weighted by molar-refractivity contribution is 9.10. The van der Waals surface area contributed by atoms with Gasteiger partial charge in [0.15, 0.2) is 11.0 Å². The van der Waals surface area contributed by atoms with E-state index in [1.807, 2.05) is 89.5 Å². The zero-order valence-corrected chi connectivity index (χ0v) is 20.0. The predicted octanol–water partition coefficient (Wildman–Crippen LogP) is 5.73. The average Bonchev–Trinajstić information content (AvgIpc) is 3.25. The predicted molar refractivity (Wildman–Crippen MR) is 132 cm³/mol. The van der Waals surface area contributed by atoms with E-state index in [0.29, 0.717) is 6.54 Å². The summed E-state index contributed by atoms with van der Waals surface area (Å²) in [5, 5.41) is 12.6. The normalized spacial score (nSPS) is 11.0. The highest BCUT2D eigenvalue weighted by Crippen LogP contribution is 2.29. The quantitative estimate of drug-likeness (QED) is 0.310. The van der Waals surface area contributed by atoms with Gasteiger partial charge in [-0.1, -0.05) is 107 Å². The largest absolute Gasteiger partial charge is 0.344 e. The van der Waals surface area contributed by atoms with Gasteiger partial charge in [-0.2, -0.15) is 0 Å². The Morgan fingerprint density at radius 1 is 0.938 bits per heavy atom. The minimum Gasteiger partial charge on any atom is -0.344 e. The number of rotatable bonds is 8. The molecular formula is C25H23BrN4OS. The zero-order chi connectivity index (χ0) is 22.3. The van der Waals surface area contributed by atoms with Crippen LogP contribution in [0.5, 0.6) is 0 Å². The minimum absolute atomic E-state index is 0.0548. The molecule has 1 N–H and O–H groups in total. The summed E-state index contributed by atoms with van der Waals surface area (Å²) in [6.45, 7) is 2.76. The molecule has 0 aliphatic rings. The molecule has 1 heterocycles. The summed E-state index contributed by atoms with van der Waals surface area (Å²) < 4.78 is 2.99. The highest BCUT2D eigenvalue weighted by Gasteiger charge is 2.19. The van der Waals surface area contributed by atoms with Gasteiger partial charge in [0.25, 0.3) is 0 Å². The van der Waals surface area contributed by atoms with Crippen LogP contribution in [0.15, 0.2) is 94.6 Å². The molecule has 0 saturated carbocycles. The highest BCUT2D eigenvalue weighted by atomic mass is 79.9. The van der Waals surface area contributed by atoms with Gasteiger partial charge >= 0.3 is 0 Å². The molecule has 4 aromatic rings. The number of nitrogens with zero attached hydrogens (tertiary/aromatic N) is 3. The molecule has 1 aromatic heterocycles. The Morgan fingerprint density at radius 2 is 1.53 bits per heavy atom. The van der Waals surface area contributed by atoms with Gasteiger partial charge in [0.2, 0.25) is 5.91 Å². The number of thioether (sulfide) groups is 1. The number of hydrogen-bond acceptors (Lipinski definition) is 4. The second-order valence-corrected chi connectivity index (χ2v) is 8.94. The van der Waals surface area contributed by atoms with Gasteiger partial charge in [-0.05, 0) is 24.1 Å². The second-order valence-electron chi connectivity index (χ2n) is 7.14. The summed E-state index contributed by atoms with van der Waals surface area (Å²) >= 11 is 4.98. The van der Waals surface area contributed by atoms with Crippen LogP contribution in [0.4, 0.5) is 0 Å². The first kappa shape index (κ1) is 22.3. The van der Waals surface area contributed by atoms with E-state index in [0.717, 1.165) is 32.1 Å². The van der Waals surface area contributed by atoms with Gasteiger partial charge in [-0.3, -0.25) is 4.79 Å². The molecule has 0 saturated heterocycles. The van der Waals surface area contributed by atoms with E-state index in [4.69, 9.17) is 0 Å². The topological polar surface area (TPSA) is 59.8 Å². The van der Waals surface area contributed by atoms with Gasteiger partial charge < -0.3 is 9.88 Å². The maximum absolute atomic E-state index is 12.9. The average molecular weight is 507 g/mol. The number of halogens is 1. The maximum atomic E-state index is 12.9. The molecule has 32 heavy (non-hydrogen) atoms. The molecular weight excluding hydrogens is 484 g/mol. The van der Waals surface area contributed by atoms with Crippen LogP contribution in [0.1, 0.15) is 24.1 Å². The molecule has 0 aliphatic carbocycles. The van der Waals surface area contributed by atoms with E-state index < -0.39 is 0 Å². The third-order valence-corrected chi connectivity index (χ3v) is 6.71. The molecule has 162 valence electrons. The first-order valence-electron chi connectivity index (χ1n) is 10.4. The van der Waals surface area contributed by atoms with Crippen LogP contribution in [-0.4, -0.2) is 26.4 Å². The number of nitrogens with one attached hydrogen (secondary N) is 1. The van der Waals surface area contributed by atoms with Crippen LogP contribution in [0.3, 0.4) is 0 Å². The van der Waals surface area contributed by atoms with Crippen molar-refractivity contribution in [1.29, 1.82) is 0 Å². The number of aromatic nitrogens is 3. The fourth-order valence-corrected chi connectivity index (χ4v) is 4.78. The first-order valence-corrected chi connectivity index (χ1v) is 12.2. The van der Waals surface area contributed by atoms with Crippen molar-refractivity contribution in [2.45, 2.75) is 24.7 Å². The fraction of sp³-hybridized carbons (Fsp3) is 0.160. The SMILES string of the molecule is CCn1c(SCC(=O)NC(c2ccccc2)c2ccccc2)nnc1-c1ccccc1Br. The van der Waals surface area contributed by atoms with Crippen LogP contribution in [0, 0.1) is 0 Å². The molecule has 0 atom stereocenters. The van der Waals surface area contributed by atoms with Crippen LogP contribution < -0.4 is 5.32 Å². The van der Waals surface area contributed by atoms with Crippen LogP contribution in [0.2, 0.25) is 0 Å². The number of benzene rings is 3. The lowest BCUT2D eigenvalue weighted by molar-refractivity contribution is -0.119. The van der Waals surface area contributed by atoms with E-state index in [-0.39, 0.29) is 17.7 Å². The molecule has 0 radical (unpaired) electrons. The van der Waals surface area contributed by atoms with E-state index >= 15 is 0 Å². The molecule has 0 fully saturated rings. The van der Waals surface area contributed by atoms with E-state index in [1.165, 1.54) is 11.8 Å². The van der Waals surface area contributed by atoms with Gasteiger partial charge in [-0.25, -0.2) is 0 Å². The fourth-order valence-electron chi connectivity index (χ4n) is 3.51. The summed E-state index contributed by atoms with van der Waals surface area (Å²) in [5.74, 6) is 0.986. The summed E-state index contributed by atoms with van der Waals surface area (Å²) in [6.07, 6.45) is 0. The Morgan fingerprint density at radius 3 is 2.12 bits per heavy atom. The summed E-state index contributed by atoms with van der Waals surface area (Å²) in [7, 11) is 0. The Bertz CT molecular complexity index is 1140. The number of carbonyl (C=O) groups excluding carboxylic acids is 1. The van der Waals surface area contributed by atoms with Crippen molar-refractivity contribution in [1.82, 2.24) is 20.1 Å². The first-order chi connectivity index (χ1) is 15.7. The molecule has 0 spiro atoms. The minimum atomic E-state index is -0.203. The third kappa shape index (κ3) is 5.11. The van der Waals surface area contributed by atoms with Crippen molar-refractivity contribution in [2.24, 2.45) is 0 Å². The van der Waals surface area contributed by atoms with Crippen molar-refractivity contribution < 1.29 is 4.79 Å². The third-order valence-electron chi connectivity index (χ3n) is 5.05. The van der Waals surface area contributed by atoms with Gasteiger partial charge in [0.05, 0.1) is 11.8 Å². The summed E-state index contributed by atoms with van der Waals surface area (Å²) in [6, 6.07) is 27.7. The lowest BCUT2D eigenvalue weighted by Gasteiger charge is -2.20. The van der Waals surface area contributed by atoms with E-state index in [2.05, 4.69) is 38.4 Å². The lowest BCUT2D eigenvalue weighted by Crippen LogP contribution is -2.30. The van der Waals surface area contributed by atoms with E-state index in [9.17, 15) is 4.79 Å². The standard InChI is InChI=1S/C25H23BrN4OS/c1-2-30-24(20-15-9-10-16-21(20)26)28-29-25(30)32-17-22(31)27-23(18-11-5-3-6-12-18)19-13-7-4-8-14-19/h3-16,23H,2,17H2,1H3,(H,27,31). The molecule has 1 amide bonds. The van der Waals surface area contributed by atoms with Gasteiger partial charge in [0, 0.05) is 16.6 Å². The molecule has 5 nitrogen and oxygen atoms in total. The lowest BCUT2D eigenvalue weighted by atomic mass is 9.99. The van der Waals surface area contributed by atoms with Crippen LogP contribution >= 0.6 is 27.7 Å². The monoisotopic (exact) mass is 506 g/mol. The zero-order valence-electron chi connectivity index (χ0n) is 17.6. The van der Waals surface area contributed by atoms with Crippen LogP contribution in [-0.2, 0) is 11.3 Å². The van der Waals surface area contributed by atoms with Crippen molar-refractivity contribution in [3.63, 3.8) is 0 Å². The molecule has 4 rings (SSSR count). The van der Waals surface area contributed by atoms with Crippen molar-refractivity contribution >= 4 is 33.6 Å². The van der Waals surface area contributed by atoms with Crippen molar-refractivity contribution in [2.75, 3.05) is 5.75 Å². The summed E-state index contributed by atoms with van der Waals surface area (Å²) in [5.41, 5.74) is 3.07. The van der Waals surface area contributed by atoms with Crippen molar-refractivity contribution in [3.05, 3.63) is 101 Å². The Hall–Kier alpha value is -2.90. The van der Waals surface area contributed by atoms with Gasteiger partial charge in [0.1, 0.15) is 0 Å². The number of amides is 1. The number of hydrogen-bond donors (Lipinski definition) is 1. The Balaban J connectivity index is 1.49. The smallest absolute Gasteiger partial charge is 0.231 e. The summed E-state index contributed by atoms with van der Waals surface area (Å²) in [4.78, 5) is 12.9. The molecule has 0 unspecified atom stereocenters. The molecule has 0 bridgehead atoms. The van der Waals surface area contributed by atoms with Crippen LogP contribution in [0.25, 0.3) is 11.4 Å². The molecule has 0 aliphatic heterocycles. The van der Waals surface area contributed by atoms with Crippen molar-refractivity contribution in [3.8, 4) is 11.4 Å². The maximum Gasteiger partial charge on any atom is 0.231 e. The number of carbonyl (C=O) groups is 1. The Kier molecular flexibility index (Phi) is 7.39.